The molecule has 3 rings (SSSR count). The standard InChI is InChI=1S/C17H12ClNO3/c18-14-7-3-1-5-11(14)10-22-17(21)16(20)13-9-19-15-8-4-2-6-12(13)15/h1-9,19H,10H2. The molecule has 0 aliphatic heterocycles. The van der Waals surface area contributed by atoms with Crippen molar-refractivity contribution < 1.29 is 14.3 Å². The highest BCUT2D eigenvalue weighted by Crippen LogP contribution is 2.19. The van der Waals surface area contributed by atoms with E-state index in [1.807, 2.05) is 18.2 Å². The Labute approximate surface area is 131 Å². The summed E-state index contributed by atoms with van der Waals surface area (Å²) in [4.78, 5) is 27.1. The summed E-state index contributed by atoms with van der Waals surface area (Å²) in [6.07, 6.45) is 1.52. The van der Waals surface area contributed by atoms with Crippen LogP contribution in [-0.2, 0) is 16.1 Å². The molecular weight excluding hydrogens is 302 g/mol. The Hall–Kier alpha value is -2.59. The van der Waals surface area contributed by atoms with E-state index < -0.39 is 11.8 Å². The van der Waals surface area contributed by atoms with E-state index in [9.17, 15) is 9.59 Å². The van der Waals surface area contributed by atoms with Crippen LogP contribution in [0.5, 0.6) is 0 Å². The first-order chi connectivity index (χ1) is 10.7. The van der Waals surface area contributed by atoms with Gasteiger partial charge in [0.2, 0.25) is 0 Å². The number of Topliss-reactive ketones (excluding diaryl/α,β-unsaturated/α-hetero) is 1. The number of halogens is 1. The lowest BCUT2D eigenvalue weighted by Gasteiger charge is -2.05. The second-order valence-electron chi connectivity index (χ2n) is 4.74. The molecule has 22 heavy (non-hydrogen) atoms. The Bertz CT molecular complexity index is 854. The van der Waals surface area contributed by atoms with Gasteiger partial charge in [0.1, 0.15) is 6.61 Å². The molecule has 5 heteroatoms. The normalized spacial score (nSPS) is 10.6. The fourth-order valence-corrected chi connectivity index (χ4v) is 2.38. The van der Waals surface area contributed by atoms with Crippen LogP contribution in [0.25, 0.3) is 10.9 Å². The number of fused-ring (bicyclic) bond motifs is 1. The molecule has 1 N–H and O–H groups in total. The van der Waals surface area contributed by atoms with Gasteiger partial charge < -0.3 is 9.72 Å². The van der Waals surface area contributed by atoms with E-state index in [1.165, 1.54) is 6.20 Å². The van der Waals surface area contributed by atoms with E-state index in [2.05, 4.69) is 4.98 Å². The predicted octanol–water partition coefficient (Wildman–Crippen LogP) is 3.75. The van der Waals surface area contributed by atoms with Gasteiger partial charge in [-0.15, -0.1) is 0 Å². The Morgan fingerprint density at radius 2 is 1.77 bits per heavy atom. The summed E-state index contributed by atoms with van der Waals surface area (Å²) in [5.74, 6) is -1.57. The number of rotatable bonds is 4. The van der Waals surface area contributed by atoms with Crippen molar-refractivity contribution in [2.75, 3.05) is 0 Å². The fourth-order valence-electron chi connectivity index (χ4n) is 2.19. The molecule has 0 fully saturated rings. The van der Waals surface area contributed by atoms with Crippen molar-refractivity contribution in [2.24, 2.45) is 0 Å². The topological polar surface area (TPSA) is 59.2 Å². The molecule has 0 spiro atoms. The van der Waals surface area contributed by atoms with Gasteiger partial charge in [0, 0.05) is 27.7 Å². The highest BCUT2D eigenvalue weighted by atomic mass is 35.5. The minimum atomic E-state index is -0.898. The fraction of sp³-hybridized carbons (Fsp3) is 0.0588. The van der Waals surface area contributed by atoms with Crippen LogP contribution in [0.1, 0.15) is 15.9 Å². The Kier molecular flexibility index (Phi) is 3.94. The maximum atomic E-state index is 12.2. The quantitative estimate of drug-likeness (QED) is 0.453. The molecule has 0 saturated heterocycles. The van der Waals surface area contributed by atoms with Crippen molar-refractivity contribution in [3.05, 3.63) is 70.9 Å². The first-order valence-corrected chi connectivity index (χ1v) is 7.05. The third-order valence-electron chi connectivity index (χ3n) is 3.34. The molecule has 0 saturated carbocycles. The van der Waals surface area contributed by atoms with Crippen molar-refractivity contribution >= 4 is 34.3 Å². The van der Waals surface area contributed by atoms with Gasteiger partial charge in [-0.25, -0.2) is 4.79 Å². The van der Waals surface area contributed by atoms with Gasteiger partial charge >= 0.3 is 5.97 Å². The van der Waals surface area contributed by atoms with Crippen LogP contribution >= 0.6 is 11.6 Å². The second-order valence-corrected chi connectivity index (χ2v) is 5.15. The summed E-state index contributed by atoms with van der Waals surface area (Å²) < 4.78 is 5.06. The number of ether oxygens (including phenoxy) is 1. The molecule has 4 nitrogen and oxygen atoms in total. The zero-order chi connectivity index (χ0) is 15.5. The maximum Gasteiger partial charge on any atom is 0.380 e. The van der Waals surface area contributed by atoms with E-state index in [0.29, 0.717) is 21.5 Å². The Balaban J connectivity index is 1.75. The van der Waals surface area contributed by atoms with Crippen LogP contribution in [0.15, 0.2) is 54.7 Å². The minimum absolute atomic E-state index is 0.0351. The predicted molar refractivity (Wildman–Crippen MR) is 83.9 cm³/mol. The molecule has 2 aromatic carbocycles. The summed E-state index contributed by atoms with van der Waals surface area (Å²) in [5, 5.41) is 1.19. The molecule has 0 unspecified atom stereocenters. The molecule has 0 aliphatic rings. The van der Waals surface area contributed by atoms with Gasteiger partial charge in [-0.2, -0.15) is 0 Å². The summed E-state index contributed by atoms with van der Waals surface area (Å²) >= 11 is 5.98. The number of carbonyl (C=O) groups is 2. The third-order valence-corrected chi connectivity index (χ3v) is 3.70. The van der Waals surface area contributed by atoms with Crippen molar-refractivity contribution in [1.82, 2.24) is 4.98 Å². The van der Waals surface area contributed by atoms with E-state index in [-0.39, 0.29) is 6.61 Å². The summed E-state index contributed by atoms with van der Waals surface area (Å²) in [7, 11) is 0. The van der Waals surface area contributed by atoms with Crippen LogP contribution in [0, 0.1) is 0 Å². The molecule has 1 heterocycles. The van der Waals surface area contributed by atoms with Crippen LogP contribution in [-0.4, -0.2) is 16.7 Å². The van der Waals surface area contributed by atoms with Crippen molar-refractivity contribution in [3.63, 3.8) is 0 Å². The van der Waals surface area contributed by atoms with Crippen molar-refractivity contribution in [1.29, 1.82) is 0 Å². The molecule has 110 valence electrons. The highest BCUT2D eigenvalue weighted by molar-refractivity contribution is 6.43. The lowest BCUT2D eigenvalue weighted by Crippen LogP contribution is -2.17. The number of aromatic nitrogens is 1. The monoisotopic (exact) mass is 313 g/mol. The highest BCUT2D eigenvalue weighted by Gasteiger charge is 2.21. The van der Waals surface area contributed by atoms with Gasteiger partial charge in [0.05, 0.1) is 5.56 Å². The van der Waals surface area contributed by atoms with Crippen molar-refractivity contribution in [3.8, 4) is 0 Å². The first kappa shape index (κ1) is 14.4. The Morgan fingerprint density at radius 3 is 2.59 bits per heavy atom. The number of nitrogens with one attached hydrogen (secondary N) is 1. The maximum absolute atomic E-state index is 12.2. The van der Waals surface area contributed by atoms with Crippen LogP contribution in [0.4, 0.5) is 0 Å². The van der Waals surface area contributed by atoms with Gasteiger partial charge in [-0.1, -0.05) is 48.0 Å². The Morgan fingerprint density at radius 1 is 1.05 bits per heavy atom. The number of aromatic amines is 1. The molecule has 0 amide bonds. The number of H-pyrrole nitrogens is 1. The number of carbonyl (C=O) groups excluding carboxylic acids is 2. The van der Waals surface area contributed by atoms with E-state index in [0.717, 1.165) is 5.52 Å². The summed E-state index contributed by atoms with van der Waals surface area (Å²) in [6.45, 7) is -0.0351. The average molecular weight is 314 g/mol. The van der Waals surface area contributed by atoms with E-state index in [4.69, 9.17) is 16.3 Å². The van der Waals surface area contributed by atoms with Crippen LogP contribution in [0.3, 0.4) is 0 Å². The lowest BCUT2D eigenvalue weighted by atomic mass is 10.1. The molecule has 1 aromatic heterocycles. The van der Waals surface area contributed by atoms with Crippen LogP contribution < -0.4 is 0 Å². The zero-order valence-electron chi connectivity index (χ0n) is 11.5. The number of hydrogen-bond donors (Lipinski definition) is 1. The minimum Gasteiger partial charge on any atom is -0.455 e. The number of hydrogen-bond acceptors (Lipinski definition) is 3. The number of benzene rings is 2. The van der Waals surface area contributed by atoms with E-state index >= 15 is 0 Å². The molecule has 0 bridgehead atoms. The molecule has 3 aromatic rings. The number of ketones is 1. The van der Waals surface area contributed by atoms with Crippen molar-refractivity contribution in [2.45, 2.75) is 6.61 Å². The lowest BCUT2D eigenvalue weighted by molar-refractivity contribution is -0.139. The largest absolute Gasteiger partial charge is 0.455 e. The van der Waals surface area contributed by atoms with Gasteiger partial charge in [-0.3, -0.25) is 4.79 Å². The van der Waals surface area contributed by atoms with E-state index in [1.54, 1.807) is 30.3 Å². The zero-order valence-corrected chi connectivity index (χ0v) is 12.3. The smallest absolute Gasteiger partial charge is 0.380 e. The SMILES string of the molecule is O=C(OCc1ccccc1Cl)C(=O)c1c[nH]c2ccccc12. The number of para-hydroxylation sites is 1. The first-order valence-electron chi connectivity index (χ1n) is 6.68. The average Bonchev–Trinajstić information content (AvgIpc) is 2.97. The molecule has 0 radical (unpaired) electrons. The molecule has 0 atom stereocenters. The van der Waals surface area contributed by atoms with Gasteiger partial charge in [-0.05, 0) is 12.1 Å². The summed E-state index contributed by atoms with van der Waals surface area (Å²) in [5.41, 5.74) is 1.76. The number of esters is 1. The molecular formula is C17H12ClNO3. The van der Waals surface area contributed by atoms with Crippen LogP contribution in [0.2, 0.25) is 5.02 Å². The summed E-state index contributed by atoms with van der Waals surface area (Å²) in [6, 6.07) is 14.3. The van der Waals surface area contributed by atoms with Gasteiger partial charge in [0.25, 0.3) is 5.78 Å². The third kappa shape index (κ3) is 2.73. The second kappa shape index (κ2) is 6.03. The molecule has 0 aliphatic carbocycles. The van der Waals surface area contributed by atoms with Gasteiger partial charge in [0.15, 0.2) is 0 Å².